The highest BCUT2D eigenvalue weighted by atomic mass is 35.5. The number of nitrogens with zero attached hydrogens (tertiary/aromatic N) is 4. The molecule has 122 valence electrons. The van der Waals surface area contributed by atoms with E-state index in [4.69, 9.17) is 11.6 Å². The third-order valence-electron chi connectivity index (χ3n) is 4.19. The third-order valence-corrected chi connectivity index (χ3v) is 4.63. The first-order chi connectivity index (χ1) is 11.1. The van der Waals surface area contributed by atoms with Gasteiger partial charge in [-0.3, -0.25) is 19.4 Å². The van der Waals surface area contributed by atoms with Crippen LogP contribution in [0.25, 0.3) is 0 Å². The fraction of sp³-hybridized carbons (Fsp3) is 0.438. The van der Waals surface area contributed by atoms with Crippen molar-refractivity contribution in [3.8, 4) is 0 Å². The highest BCUT2D eigenvalue weighted by molar-refractivity contribution is 6.30. The number of carbonyl (C=O) groups excluding carboxylic acids is 1. The largest absolute Gasteiger partial charge is 0.324 e. The quantitative estimate of drug-likeness (QED) is 0.934. The standard InChI is InChI=1S/C16H20ClN5O/c1-11-15(16(17)21(2)20-11)13-6-4-8-22(13)10-14(23)19-12-5-3-7-18-9-12/h3,5,7,9,13H,4,6,8,10H2,1-2H3,(H,19,23)/t13-/m1/s1. The van der Waals surface area contributed by atoms with Gasteiger partial charge in [0.15, 0.2) is 0 Å². The number of nitrogens with one attached hydrogen (secondary N) is 1. The zero-order chi connectivity index (χ0) is 16.4. The third kappa shape index (κ3) is 3.38. The summed E-state index contributed by atoms with van der Waals surface area (Å²) in [5.41, 5.74) is 2.69. The van der Waals surface area contributed by atoms with E-state index in [9.17, 15) is 4.79 Å². The first-order valence-corrected chi connectivity index (χ1v) is 8.07. The van der Waals surface area contributed by atoms with E-state index in [0.717, 1.165) is 30.6 Å². The van der Waals surface area contributed by atoms with E-state index < -0.39 is 0 Å². The Morgan fingerprint density at radius 3 is 3.00 bits per heavy atom. The minimum Gasteiger partial charge on any atom is -0.324 e. The molecule has 2 aromatic rings. The van der Waals surface area contributed by atoms with Gasteiger partial charge >= 0.3 is 0 Å². The number of aromatic nitrogens is 3. The molecule has 0 aliphatic carbocycles. The number of anilines is 1. The van der Waals surface area contributed by atoms with Crippen molar-refractivity contribution in [3.05, 3.63) is 40.9 Å². The molecule has 0 radical (unpaired) electrons. The topological polar surface area (TPSA) is 63.1 Å². The number of carbonyl (C=O) groups is 1. The SMILES string of the molecule is Cc1nn(C)c(Cl)c1[C@H]1CCCN1CC(=O)Nc1cccnc1. The van der Waals surface area contributed by atoms with Crippen molar-refractivity contribution in [1.82, 2.24) is 19.7 Å². The van der Waals surface area contributed by atoms with Gasteiger partial charge in [0.2, 0.25) is 5.91 Å². The van der Waals surface area contributed by atoms with Gasteiger partial charge in [-0.15, -0.1) is 0 Å². The summed E-state index contributed by atoms with van der Waals surface area (Å²) in [5, 5.41) is 7.92. The maximum Gasteiger partial charge on any atom is 0.238 e. The molecule has 3 rings (SSSR count). The van der Waals surface area contributed by atoms with Crippen LogP contribution in [0.5, 0.6) is 0 Å². The van der Waals surface area contributed by atoms with Crippen molar-refractivity contribution in [2.24, 2.45) is 7.05 Å². The van der Waals surface area contributed by atoms with Crippen molar-refractivity contribution in [2.45, 2.75) is 25.8 Å². The van der Waals surface area contributed by atoms with Gasteiger partial charge in [-0.25, -0.2) is 0 Å². The van der Waals surface area contributed by atoms with Crippen LogP contribution in [-0.2, 0) is 11.8 Å². The first-order valence-electron chi connectivity index (χ1n) is 7.69. The molecular formula is C16H20ClN5O. The predicted molar refractivity (Wildman–Crippen MR) is 89.4 cm³/mol. The van der Waals surface area contributed by atoms with Gasteiger partial charge < -0.3 is 5.32 Å². The van der Waals surface area contributed by atoms with Gasteiger partial charge in [0.05, 0.1) is 24.1 Å². The zero-order valence-corrected chi connectivity index (χ0v) is 14.0. The molecule has 0 saturated carbocycles. The molecule has 2 aromatic heterocycles. The number of hydrogen-bond acceptors (Lipinski definition) is 4. The summed E-state index contributed by atoms with van der Waals surface area (Å²) in [6, 6.07) is 3.78. The molecule has 23 heavy (non-hydrogen) atoms. The van der Waals surface area contributed by atoms with Crippen molar-refractivity contribution < 1.29 is 4.79 Å². The van der Waals surface area contributed by atoms with Crippen LogP contribution < -0.4 is 5.32 Å². The number of hydrogen-bond donors (Lipinski definition) is 1. The van der Waals surface area contributed by atoms with Gasteiger partial charge in [0, 0.05) is 24.8 Å². The molecule has 1 atom stereocenters. The van der Waals surface area contributed by atoms with Crippen LogP contribution in [0.4, 0.5) is 5.69 Å². The summed E-state index contributed by atoms with van der Waals surface area (Å²) in [4.78, 5) is 18.5. The summed E-state index contributed by atoms with van der Waals surface area (Å²) in [5.74, 6) is -0.0393. The van der Waals surface area contributed by atoms with E-state index in [1.54, 1.807) is 23.1 Å². The molecule has 0 aromatic carbocycles. The molecule has 6 nitrogen and oxygen atoms in total. The van der Waals surface area contributed by atoms with Crippen LogP contribution in [0.2, 0.25) is 5.15 Å². The van der Waals surface area contributed by atoms with Crippen LogP contribution in [0.3, 0.4) is 0 Å². The van der Waals surface area contributed by atoms with Gasteiger partial charge in [-0.2, -0.15) is 5.10 Å². The molecule has 1 aliphatic heterocycles. The molecule has 0 unspecified atom stereocenters. The molecule has 1 amide bonds. The minimum absolute atomic E-state index is 0.0393. The van der Waals surface area contributed by atoms with E-state index in [1.807, 2.05) is 20.0 Å². The lowest BCUT2D eigenvalue weighted by Gasteiger charge is -2.24. The Kier molecular flexibility index (Phi) is 4.63. The van der Waals surface area contributed by atoms with E-state index in [2.05, 4.69) is 20.3 Å². The maximum absolute atomic E-state index is 12.3. The summed E-state index contributed by atoms with van der Waals surface area (Å²) in [7, 11) is 1.84. The Morgan fingerprint density at radius 1 is 1.52 bits per heavy atom. The van der Waals surface area contributed by atoms with Crippen LogP contribution in [0.1, 0.15) is 30.1 Å². The molecule has 0 spiro atoms. The summed E-state index contributed by atoms with van der Waals surface area (Å²) >= 11 is 6.39. The Bertz CT molecular complexity index is 700. The van der Waals surface area contributed by atoms with Crippen molar-refractivity contribution in [2.75, 3.05) is 18.4 Å². The summed E-state index contributed by atoms with van der Waals surface area (Å²) in [6.45, 7) is 3.19. The minimum atomic E-state index is -0.0393. The van der Waals surface area contributed by atoms with Crippen LogP contribution >= 0.6 is 11.6 Å². The first kappa shape index (κ1) is 16.0. The average Bonchev–Trinajstić information content (AvgIpc) is 3.05. The molecular weight excluding hydrogens is 314 g/mol. The molecule has 7 heteroatoms. The van der Waals surface area contributed by atoms with Crippen molar-refractivity contribution in [3.63, 3.8) is 0 Å². The van der Waals surface area contributed by atoms with E-state index in [0.29, 0.717) is 17.4 Å². The van der Waals surface area contributed by atoms with Crippen molar-refractivity contribution >= 4 is 23.2 Å². The monoisotopic (exact) mass is 333 g/mol. The Labute approximate surface area is 140 Å². The number of rotatable bonds is 4. The zero-order valence-electron chi connectivity index (χ0n) is 13.3. The van der Waals surface area contributed by atoms with Gasteiger partial charge in [0.25, 0.3) is 0 Å². The molecule has 0 bridgehead atoms. The van der Waals surface area contributed by atoms with Crippen LogP contribution in [0, 0.1) is 6.92 Å². The lowest BCUT2D eigenvalue weighted by atomic mass is 10.1. The number of likely N-dealkylation sites (tertiary alicyclic amines) is 1. The Hall–Kier alpha value is -1.92. The van der Waals surface area contributed by atoms with E-state index in [1.165, 1.54) is 0 Å². The molecule has 1 N–H and O–H groups in total. The summed E-state index contributed by atoms with van der Waals surface area (Å²) in [6.07, 6.45) is 5.36. The normalized spacial score (nSPS) is 18.3. The molecule has 1 saturated heterocycles. The molecule has 1 fully saturated rings. The fourth-order valence-corrected chi connectivity index (χ4v) is 3.49. The average molecular weight is 334 g/mol. The number of aryl methyl sites for hydroxylation is 2. The summed E-state index contributed by atoms with van der Waals surface area (Å²) < 4.78 is 1.69. The lowest BCUT2D eigenvalue weighted by molar-refractivity contribution is -0.117. The number of amides is 1. The van der Waals surface area contributed by atoms with Crippen LogP contribution in [0.15, 0.2) is 24.5 Å². The van der Waals surface area contributed by atoms with Gasteiger partial charge in [-0.05, 0) is 38.4 Å². The Morgan fingerprint density at radius 2 is 2.35 bits per heavy atom. The second kappa shape index (κ2) is 6.68. The van der Waals surface area contributed by atoms with E-state index >= 15 is 0 Å². The predicted octanol–water partition coefficient (Wildman–Crippen LogP) is 2.55. The van der Waals surface area contributed by atoms with E-state index in [-0.39, 0.29) is 11.9 Å². The smallest absolute Gasteiger partial charge is 0.238 e. The molecule has 1 aliphatic rings. The second-order valence-corrected chi connectivity index (χ2v) is 6.19. The van der Waals surface area contributed by atoms with Gasteiger partial charge in [-0.1, -0.05) is 11.6 Å². The fourth-order valence-electron chi connectivity index (χ4n) is 3.19. The van der Waals surface area contributed by atoms with Gasteiger partial charge in [0.1, 0.15) is 5.15 Å². The maximum atomic E-state index is 12.3. The van der Waals surface area contributed by atoms with Crippen molar-refractivity contribution in [1.29, 1.82) is 0 Å². The Balaban J connectivity index is 1.71. The lowest BCUT2D eigenvalue weighted by Crippen LogP contribution is -2.33. The molecule has 3 heterocycles. The highest BCUT2D eigenvalue weighted by Crippen LogP contribution is 2.37. The second-order valence-electron chi connectivity index (χ2n) is 5.83. The highest BCUT2D eigenvalue weighted by Gasteiger charge is 2.32. The number of pyridine rings is 1. The van der Waals surface area contributed by atoms with Crippen LogP contribution in [-0.4, -0.2) is 38.7 Å². The number of halogens is 1.